The van der Waals surface area contributed by atoms with Crippen molar-refractivity contribution >= 4 is 5.91 Å². The predicted octanol–water partition coefficient (Wildman–Crippen LogP) is 6.06. The molecule has 2 heterocycles. The molecule has 0 spiro atoms. The fraction of sp³-hybridized carbons (Fsp3) is 0.643. The largest absolute Gasteiger partial charge is 0.493 e. The van der Waals surface area contributed by atoms with E-state index in [1.807, 2.05) is 0 Å². The van der Waals surface area contributed by atoms with Crippen LogP contribution in [0.4, 0.5) is 0 Å². The Kier molecular flexibility index (Phi) is 8.80. The van der Waals surface area contributed by atoms with Crippen LogP contribution in [0.5, 0.6) is 5.75 Å². The molecule has 34 heavy (non-hydrogen) atoms. The van der Waals surface area contributed by atoms with Crippen molar-refractivity contribution in [2.45, 2.75) is 96.9 Å². The van der Waals surface area contributed by atoms with E-state index < -0.39 is 0 Å². The maximum atomic E-state index is 12.4. The van der Waals surface area contributed by atoms with Crippen molar-refractivity contribution in [2.75, 3.05) is 19.7 Å². The van der Waals surface area contributed by atoms with Gasteiger partial charge in [-0.25, -0.2) is 4.98 Å². The Morgan fingerprint density at radius 2 is 1.94 bits per heavy atom. The molecule has 1 unspecified atom stereocenters. The maximum Gasteiger partial charge on any atom is 0.273 e. The smallest absolute Gasteiger partial charge is 0.273 e. The van der Waals surface area contributed by atoms with E-state index in [0.29, 0.717) is 24.7 Å². The molecule has 1 atom stereocenters. The summed E-state index contributed by atoms with van der Waals surface area (Å²) in [5.41, 5.74) is 3.19. The van der Waals surface area contributed by atoms with Gasteiger partial charge in [0.25, 0.3) is 5.91 Å². The van der Waals surface area contributed by atoms with Gasteiger partial charge < -0.3 is 19.8 Å². The number of oxazole rings is 1. The lowest BCUT2D eigenvalue weighted by Gasteiger charge is -2.30. The van der Waals surface area contributed by atoms with Crippen LogP contribution in [0.1, 0.15) is 114 Å². The summed E-state index contributed by atoms with van der Waals surface area (Å²) in [7, 11) is 0. The Hall–Kier alpha value is -2.34. The molecule has 1 aromatic heterocycles. The molecular weight excluding hydrogens is 426 g/mol. The zero-order chi connectivity index (χ0) is 24.8. The van der Waals surface area contributed by atoms with Gasteiger partial charge in [-0.3, -0.25) is 4.79 Å². The molecule has 2 aromatic rings. The van der Waals surface area contributed by atoms with E-state index in [1.165, 1.54) is 17.4 Å². The summed E-state index contributed by atoms with van der Waals surface area (Å²) < 4.78 is 11.7. The van der Waals surface area contributed by atoms with Gasteiger partial charge >= 0.3 is 0 Å². The van der Waals surface area contributed by atoms with Gasteiger partial charge in [-0.2, -0.15) is 0 Å². The molecule has 1 saturated heterocycles. The van der Waals surface area contributed by atoms with Gasteiger partial charge in [0.15, 0.2) is 5.69 Å². The Balaban J connectivity index is 1.48. The van der Waals surface area contributed by atoms with Gasteiger partial charge in [0.2, 0.25) is 5.89 Å². The van der Waals surface area contributed by atoms with Crippen LogP contribution >= 0.6 is 0 Å². The number of benzene rings is 1. The summed E-state index contributed by atoms with van der Waals surface area (Å²) in [4.78, 5) is 16.7. The molecule has 0 radical (unpaired) electrons. The minimum Gasteiger partial charge on any atom is -0.493 e. The molecule has 188 valence electrons. The summed E-state index contributed by atoms with van der Waals surface area (Å²) in [5.74, 6) is 1.40. The number of aromatic nitrogens is 1. The molecule has 6 nitrogen and oxygen atoms in total. The molecular formula is C28H43N3O3. The zero-order valence-electron chi connectivity index (χ0n) is 21.9. The molecule has 6 heteroatoms. The normalized spacial score (nSPS) is 16.6. The third-order valence-electron chi connectivity index (χ3n) is 7.49. The average molecular weight is 470 g/mol. The van der Waals surface area contributed by atoms with Crippen molar-refractivity contribution in [1.82, 2.24) is 15.6 Å². The second-order valence-corrected chi connectivity index (χ2v) is 10.7. The number of unbranched alkanes of at least 4 members (excludes halogenated alkanes) is 1. The number of nitrogens with zero attached hydrogens (tertiary/aromatic N) is 1. The first-order chi connectivity index (χ1) is 16.2. The SMILES string of the molecule is CCC(C)(C)c1ccc(OCCCCNC(=O)c2coc(C3CCCN3)n2)c(C(C)(C)CC)c1. The third kappa shape index (κ3) is 6.41. The summed E-state index contributed by atoms with van der Waals surface area (Å²) in [6.45, 7) is 15.8. The molecule has 1 aromatic carbocycles. The van der Waals surface area contributed by atoms with Gasteiger partial charge in [-0.15, -0.1) is 0 Å². The van der Waals surface area contributed by atoms with Crippen molar-refractivity contribution in [2.24, 2.45) is 0 Å². The fourth-order valence-corrected chi connectivity index (χ4v) is 4.15. The van der Waals surface area contributed by atoms with Crippen molar-refractivity contribution < 1.29 is 13.9 Å². The molecule has 1 aliphatic rings. The topological polar surface area (TPSA) is 76.4 Å². The van der Waals surface area contributed by atoms with Crippen LogP contribution in [0, 0.1) is 0 Å². The van der Waals surface area contributed by atoms with Crippen molar-refractivity contribution in [3.8, 4) is 5.75 Å². The Morgan fingerprint density at radius 3 is 2.62 bits per heavy atom. The van der Waals surface area contributed by atoms with E-state index in [2.05, 4.69) is 75.4 Å². The summed E-state index contributed by atoms with van der Waals surface area (Å²) in [6, 6.07) is 6.82. The molecule has 0 saturated carbocycles. The molecule has 0 bridgehead atoms. The highest BCUT2D eigenvalue weighted by molar-refractivity contribution is 5.91. The molecule has 0 aliphatic carbocycles. The van der Waals surface area contributed by atoms with Crippen molar-refractivity contribution in [3.05, 3.63) is 47.2 Å². The van der Waals surface area contributed by atoms with Gasteiger partial charge in [-0.05, 0) is 67.5 Å². The quantitative estimate of drug-likeness (QED) is 0.369. The summed E-state index contributed by atoms with van der Waals surface area (Å²) in [5, 5.41) is 6.27. The lowest BCUT2D eigenvalue weighted by Crippen LogP contribution is -2.25. The summed E-state index contributed by atoms with van der Waals surface area (Å²) >= 11 is 0. The maximum absolute atomic E-state index is 12.4. The van der Waals surface area contributed by atoms with E-state index >= 15 is 0 Å². The van der Waals surface area contributed by atoms with Crippen molar-refractivity contribution in [3.63, 3.8) is 0 Å². The minimum absolute atomic E-state index is 0.0492. The third-order valence-corrected chi connectivity index (χ3v) is 7.49. The van der Waals surface area contributed by atoms with Crippen LogP contribution in [0.25, 0.3) is 0 Å². The van der Waals surface area contributed by atoms with E-state index in [1.54, 1.807) is 0 Å². The van der Waals surface area contributed by atoms with Crippen LogP contribution < -0.4 is 15.4 Å². The second kappa shape index (κ2) is 11.4. The van der Waals surface area contributed by atoms with Crippen LogP contribution in [0.3, 0.4) is 0 Å². The summed E-state index contributed by atoms with van der Waals surface area (Å²) in [6.07, 6.45) is 7.41. The molecule has 1 fully saturated rings. The molecule has 1 amide bonds. The number of amides is 1. The van der Waals surface area contributed by atoms with Crippen LogP contribution in [0.15, 0.2) is 28.9 Å². The lowest BCUT2D eigenvalue weighted by atomic mass is 9.76. The second-order valence-electron chi connectivity index (χ2n) is 10.7. The number of nitrogens with one attached hydrogen (secondary N) is 2. The highest BCUT2D eigenvalue weighted by Crippen LogP contribution is 2.38. The van der Waals surface area contributed by atoms with Crippen LogP contribution in [-0.4, -0.2) is 30.6 Å². The van der Waals surface area contributed by atoms with E-state index in [4.69, 9.17) is 9.15 Å². The Morgan fingerprint density at radius 1 is 1.18 bits per heavy atom. The number of carbonyl (C=O) groups excluding carboxylic acids is 1. The van der Waals surface area contributed by atoms with Gasteiger partial charge in [-0.1, -0.05) is 53.7 Å². The lowest BCUT2D eigenvalue weighted by molar-refractivity contribution is 0.0947. The van der Waals surface area contributed by atoms with Crippen molar-refractivity contribution in [1.29, 1.82) is 0 Å². The highest BCUT2D eigenvalue weighted by atomic mass is 16.5. The predicted molar refractivity (Wildman–Crippen MR) is 137 cm³/mol. The number of hydrogen-bond acceptors (Lipinski definition) is 5. The first-order valence-corrected chi connectivity index (χ1v) is 12.9. The molecule has 3 rings (SSSR count). The Bertz CT molecular complexity index is 942. The standard InChI is InChI=1S/C28H43N3O3/c1-7-27(3,4)20-13-14-24(21(18-20)28(5,6)8-2)33-17-10-9-15-30-25(32)23-19-34-26(31-23)22-12-11-16-29-22/h13-14,18-19,22,29H,7-12,15-17H2,1-6H3,(H,30,32). The first kappa shape index (κ1) is 26.3. The molecule has 1 aliphatic heterocycles. The highest BCUT2D eigenvalue weighted by Gasteiger charge is 2.27. The Labute approximate surface area is 205 Å². The van der Waals surface area contributed by atoms with Crippen LogP contribution in [-0.2, 0) is 10.8 Å². The van der Waals surface area contributed by atoms with Gasteiger partial charge in [0.1, 0.15) is 12.0 Å². The van der Waals surface area contributed by atoms with E-state index in [-0.39, 0.29) is 22.8 Å². The number of carbonyl (C=O) groups is 1. The zero-order valence-corrected chi connectivity index (χ0v) is 21.9. The minimum atomic E-state index is -0.185. The van der Waals surface area contributed by atoms with Gasteiger partial charge in [0.05, 0.1) is 12.6 Å². The van der Waals surface area contributed by atoms with E-state index in [0.717, 1.165) is 50.8 Å². The monoisotopic (exact) mass is 469 g/mol. The number of hydrogen-bond donors (Lipinski definition) is 2. The van der Waals surface area contributed by atoms with E-state index in [9.17, 15) is 4.79 Å². The number of rotatable bonds is 12. The average Bonchev–Trinajstić information content (AvgIpc) is 3.53. The fourth-order valence-electron chi connectivity index (χ4n) is 4.15. The van der Waals surface area contributed by atoms with Crippen LogP contribution in [0.2, 0.25) is 0 Å². The molecule has 2 N–H and O–H groups in total. The number of ether oxygens (including phenoxy) is 1. The van der Waals surface area contributed by atoms with Gasteiger partial charge in [0, 0.05) is 12.1 Å². The first-order valence-electron chi connectivity index (χ1n) is 12.9.